The van der Waals surface area contributed by atoms with Crippen LogP contribution in [0.25, 0.3) is 0 Å². The number of nitrogens with one attached hydrogen (secondary N) is 2. The molecule has 17 nitrogen and oxygen atoms in total. The molecule has 0 fully saturated rings. The molecule has 0 aliphatic rings. The zero-order valence-electron chi connectivity index (χ0n) is 29.3. The van der Waals surface area contributed by atoms with Gasteiger partial charge in [-0.2, -0.15) is 5.11 Å². The maximum atomic E-state index is 11.5. The summed E-state index contributed by atoms with van der Waals surface area (Å²) in [5.74, 6) is 1.65. The van der Waals surface area contributed by atoms with Crippen LogP contribution in [0.4, 0.5) is 0 Å². The van der Waals surface area contributed by atoms with Crippen molar-refractivity contribution in [2.75, 3.05) is 140 Å². The van der Waals surface area contributed by atoms with E-state index in [1.807, 2.05) is 12.1 Å². The highest BCUT2D eigenvalue weighted by atomic mass is 31.2. The summed E-state index contributed by atoms with van der Waals surface area (Å²) in [5.41, 5.74) is 8.71. The van der Waals surface area contributed by atoms with Crippen LogP contribution in [0.1, 0.15) is 12.5 Å². The molecule has 0 amide bonds. The van der Waals surface area contributed by atoms with Gasteiger partial charge in [0.2, 0.25) is 5.75 Å². The van der Waals surface area contributed by atoms with Gasteiger partial charge in [-0.1, -0.05) is 0 Å². The van der Waals surface area contributed by atoms with Gasteiger partial charge in [0.15, 0.2) is 11.5 Å². The minimum Gasteiger partial charge on any atom is -0.493 e. The quantitative estimate of drug-likeness (QED) is 0.0524. The number of rotatable bonds is 35. The van der Waals surface area contributed by atoms with Crippen LogP contribution in [-0.2, 0) is 53.5 Å². The van der Waals surface area contributed by atoms with Crippen molar-refractivity contribution < 1.29 is 66.1 Å². The molecule has 0 aliphatic heterocycles. The van der Waals surface area contributed by atoms with Crippen molar-refractivity contribution in [2.24, 2.45) is 5.11 Å². The molecule has 0 aliphatic carbocycles. The number of nitrogens with zero attached hydrogens (tertiary/aromatic N) is 1. The molecule has 0 radical (unpaired) electrons. The van der Waals surface area contributed by atoms with Crippen molar-refractivity contribution in [2.45, 2.75) is 13.5 Å². The number of ether oxygens (including phenoxy) is 11. The van der Waals surface area contributed by atoms with E-state index in [4.69, 9.17) is 62.2 Å². The average Bonchev–Trinajstić information content (AvgIpc) is 3.10. The predicted molar refractivity (Wildman–Crippen MR) is 179 cm³/mol. The molecule has 0 aromatic heterocycles. The van der Waals surface area contributed by atoms with Crippen LogP contribution in [0, 0.1) is 5.53 Å². The molecule has 0 spiro atoms. The molecule has 0 heterocycles. The van der Waals surface area contributed by atoms with Gasteiger partial charge in [-0.05, 0) is 24.6 Å². The minimum atomic E-state index is -3.54. The van der Waals surface area contributed by atoms with Crippen molar-refractivity contribution in [3.05, 3.63) is 29.6 Å². The highest BCUT2D eigenvalue weighted by molar-refractivity contribution is 7.52. The Balaban J connectivity index is 1.88. The van der Waals surface area contributed by atoms with Crippen molar-refractivity contribution in [3.8, 4) is 17.2 Å². The van der Waals surface area contributed by atoms with Crippen LogP contribution in [0.5, 0.6) is 17.2 Å². The Hall–Kier alpha value is -2.41. The third-order valence-electron chi connectivity index (χ3n) is 6.15. The molecule has 1 atom stereocenters. The second-order valence-corrected chi connectivity index (χ2v) is 11.8. The first-order valence-corrected chi connectivity index (χ1v) is 17.8. The lowest BCUT2D eigenvalue weighted by molar-refractivity contribution is -0.0224. The van der Waals surface area contributed by atoms with E-state index in [-0.39, 0.29) is 26.0 Å². The molecule has 1 aromatic rings. The van der Waals surface area contributed by atoms with E-state index in [0.29, 0.717) is 122 Å². The number of hydrogen-bond acceptors (Lipinski definition) is 16. The number of benzene rings is 1. The smallest absolute Gasteiger partial charge is 0.330 e. The molecule has 0 saturated carbocycles. The normalized spacial score (nSPS) is 12.9. The largest absolute Gasteiger partial charge is 0.493 e. The topological polar surface area (TPSA) is 196 Å². The zero-order valence-corrected chi connectivity index (χ0v) is 30.2. The van der Waals surface area contributed by atoms with Crippen LogP contribution < -0.4 is 19.5 Å². The van der Waals surface area contributed by atoms with Gasteiger partial charge in [-0.3, -0.25) is 4.57 Å². The van der Waals surface area contributed by atoms with Crippen molar-refractivity contribution >= 4 is 7.60 Å². The SMILES string of the molecule is CCOP(=O)(O)CCOCCOCCOCCOCCOCCOCCOCCOC/C(=C/NCc1cc(OC)c(OC)c(OC)c1)N=N. The van der Waals surface area contributed by atoms with Gasteiger partial charge in [-0.25, -0.2) is 5.53 Å². The van der Waals surface area contributed by atoms with Gasteiger partial charge in [-0.15, -0.1) is 0 Å². The summed E-state index contributed by atoms with van der Waals surface area (Å²) in [6.07, 6.45) is 1.59. The fourth-order valence-corrected chi connectivity index (χ4v) is 4.69. The van der Waals surface area contributed by atoms with Crippen molar-refractivity contribution in [1.29, 1.82) is 5.53 Å². The second-order valence-electron chi connectivity index (χ2n) is 9.78. The Kier molecular flexibility index (Phi) is 27.7. The van der Waals surface area contributed by atoms with E-state index in [0.717, 1.165) is 5.56 Å². The van der Waals surface area contributed by atoms with Gasteiger partial charge < -0.3 is 66.8 Å². The maximum Gasteiger partial charge on any atom is 0.330 e. The Bertz CT molecular complexity index is 1030. The first-order valence-electron chi connectivity index (χ1n) is 16.1. The lowest BCUT2D eigenvalue weighted by Gasteiger charge is -2.14. The highest BCUT2D eigenvalue weighted by Crippen LogP contribution is 2.41. The molecule has 1 unspecified atom stereocenters. The van der Waals surface area contributed by atoms with Gasteiger partial charge in [0.1, 0.15) is 5.70 Å². The predicted octanol–water partition coefficient (Wildman–Crippen LogP) is 3.03. The summed E-state index contributed by atoms with van der Waals surface area (Å²) in [7, 11) is 1.14. The van der Waals surface area contributed by atoms with Gasteiger partial charge >= 0.3 is 7.60 Å². The molecular formula is C31H56N3O14P. The van der Waals surface area contributed by atoms with E-state index in [2.05, 4.69) is 10.4 Å². The van der Waals surface area contributed by atoms with Crippen LogP contribution >= 0.6 is 7.60 Å². The first-order chi connectivity index (χ1) is 23.9. The van der Waals surface area contributed by atoms with Crippen LogP contribution in [0.15, 0.2) is 29.1 Å². The van der Waals surface area contributed by atoms with Crippen LogP contribution in [0.3, 0.4) is 0 Å². The monoisotopic (exact) mass is 725 g/mol. The third-order valence-corrected chi connectivity index (χ3v) is 7.56. The van der Waals surface area contributed by atoms with E-state index < -0.39 is 7.60 Å². The molecule has 1 rings (SSSR count). The van der Waals surface area contributed by atoms with E-state index >= 15 is 0 Å². The Morgan fingerprint density at radius 2 is 1.12 bits per heavy atom. The fourth-order valence-electron chi connectivity index (χ4n) is 3.79. The van der Waals surface area contributed by atoms with Crippen LogP contribution in [-0.4, -0.2) is 145 Å². The zero-order chi connectivity index (χ0) is 35.8. The van der Waals surface area contributed by atoms with Gasteiger partial charge in [0, 0.05) is 12.7 Å². The Labute approximate surface area is 289 Å². The molecule has 0 saturated heterocycles. The highest BCUT2D eigenvalue weighted by Gasteiger charge is 2.17. The molecule has 18 heteroatoms. The van der Waals surface area contributed by atoms with E-state index in [1.54, 1.807) is 34.5 Å². The summed E-state index contributed by atoms with van der Waals surface area (Å²) in [5, 5.41) is 6.62. The summed E-state index contributed by atoms with van der Waals surface area (Å²) in [6, 6.07) is 3.69. The lowest BCUT2D eigenvalue weighted by Crippen LogP contribution is -2.15. The molecule has 284 valence electrons. The third kappa shape index (κ3) is 23.6. The van der Waals surface area contributed by atoms with Crippen LogP contribution in [0.2, 0.25) is 0 Å². The maximum absolute atomic E-state index is 11.5. The standard InChI is InChI=1S/C31H56N3O14P/c1-5-48-49(35,36)21-20-46-17-16-44-13-12-42-9-8-40-6-7-41-10-11-43-14-15-45-18-19-47-26-28(34-32)25-33-24-27-22-29(37-2)31(39-4)30(23-27)38-3/h22-23,25,32-33H,5-21,24,26H2,1-4H3,(H,35,36)/b28-25-,34-32?. The number of methoxy groups -OCH3 is 3. The summed E-state index contributed by atoms with van der Waals surface area (Å²) < 4.78 is 75.8. The second kappa shape index (κ2) is 30.4. The number of hydrogen-bond donors (Lipinski definition) is 3. The lowest BCUT2D eigenvalue weighted by atomic mass is 10.2. The molecule has 3 N–H and O–H groups in total. The van der Waals surface area contributed by atoms with Gasteiger partial charge in [0.05, 0.1) is 140 Å². The summed E-state index contributed by atoms with van der Waals surface area (Å²) in [4.78, 5) is 9.42. The summed E-state index contributed by atoms with van der Waals surface area (Å²) in [6.45, 7) is 8.51. The molecule has 49 heavy (non-hydrogen) atoms. The molecule has 1 aromatic carbocycles. The molecule has 0 bridgehead atoms. The Morgan fingerprint density at radius 3 is 1.49 bits per heavy atom. The fraction of sp³-hybridized carbons (Fsp3) is 0.742. The van der Waals surface area contributed by atoms with E-state index in [9.17, 15) is 9.46 Å². The van der Waals surface area contributed by atoms with E-state index in [1.165, 1.54) is 0 Å². The van der Waals surface area contributed by atoms with Crippen molar-refractivity contribution in [1.82, 2.24) is 5.32 Å². The minimum absolute atomic E-state index is 0.0363. The van der Waals surface area contributed by atoms with Crippen molar-refractivity contribution in [3.63, 3.8) is 0 Å². The average molecular weight is 726 g/mol. The van der Waals surface area contributed by atoms with Gasteiger partial charge in [0.25, 0.3) is 0 Å². The summed E-state index contributed by atoms with van der Waals surface area (Å²) >= 11 is 0. The molecular weight excluding hydrogens is 669 g/mol. The first kappa shape index (κ1) is 44.6. The Morgan fingerprint density at radius 1 is 0.714 bits per heavy atom.